The van der Waals surface area contributed by atoms with Gasteiger partial charge in [-0.25, -0.2) is 0 Å². The fourth-order valence-electron chi connectivity index (χ4n) is 2.75. The molecule has 0 aliphatic carbocycles. The molecule has 0 saturated carbocycles. The molecule has 0 heterocycles. The van der Waals surface area contributed by atoms with Gasteiger partial charge in [0.25, 0.3) is 11.6 Å². The standard InChI is InChI=1S/C22H12Cl2N4O6/c23-17-9-13(8-14(12-25)22(29)26-15-4-2-1-3-5-15)10-18(24)21(17)34-20-7-6-16(27(30)31)11-19(20)28(32)33/h1-11H,(H,26,29)/b14-8+. The van der Waals surface area contributed by atoms with Crippen molar-refractivity contribution < 1.29 is 19.4 Å². The number of non-ortho nitro benzene ring substituents is 1. The highest BCUT2D eigenvalue weighted by atomic mass is 35.5. The number of nitro groups is 2. The number of hydrogen-bond acceptors (Lipinski definition) is 7. The monoisotopic (exact) mass is 498 g/mol. The van der Waals surface area contributed by atoms with E-state index in [4.69, 9.17) is 27.9 Å². The van der Waals surface area contributed by atoms with Crippen LogP contribution < -0.4 is 10.1 Å². The number of anilines is 1. The molecule has 34 heavy (non-hydrogen) atoms. The number of carbonyl (C=O) groups excluding carboxylic acids is 1. The van der Waals surface area contributed by atoms with Crippen LogP contribution in [0.4, 0.5) is 17.1 Å². The first-order valence-electron chi connectivity index (χ1n) is 9.27. The van der Waals surface area contributed by atoms with Gasteiger partial charge in [0, 0.05) is 11.8 Å². The molecule has 0 fully saturated rings. The Morgan fingerprint density at radius 1 is 1.00 bits per heavy atom. The molecule has 0 radical (unpaired) electrons. The summed E-state index contributed by atoms with van der Waals surface area (Å²) >= 11 is 12.5. The van der Waals surface area contributed by atoms with Gasteiger partial charge < -0.3 is 10.1 Å². The Kier molecular flexibility index (Phi) is 7.43. The summed E-state index contributed by atoms with van der Waals surface area (Å²) in [5.41, 5.74) is -0.585. The van der Waals surface area contributed by atoms with Crippen molar-refractivity contribution in [3.63, 3.8) is 0 Å². The third kappa shape index (κ3) is 5.66. The zero-order valence-corrected chi connectivity index (χ0v) is 18.4. The minimum Gasteiger partial charge on any atom is -0.447 e. The lowest BCUT2D eigenvalue weighted by Crippen LogP contribution is -2.13. The van der Waals surface area contributed by atoms with Gasteiger partial charge in [0.15, 0.2) is 5.75 Å². The van der Waals surface area contributed by atoms with Crippen LogP contribution in [0, 0.1) is 31.6 Å². The molecule has 3 aromatic carbocycles. The van der Waals surface area contributed by atoms with Crippen LogP contribution in [-0.2, 0) is 4.79 Å². The second-order valence-electron chi connectivity index (χ2n) is 6.57. The molecule has 3 rings (SSSR count). The summed E-state index contributed by atoms with van der Waals surface area (Å²) in [5.74, 6) is -1.12. The van der Waals surface area contributed by atoms with E-state index in [0.29, 0.717) is 11.3 Å². The lowest BCUT2D eigenvalue weighted by molar-refractivity contribution is -0.394. The number of rotatable bonds is 7. The van der Waals surface area contributed by atoms with E-state index in [9.17, 15) is 30.3 Å². The molecule has 0 aliphatic rings. The second-order valence-corrected chi connectivity index (χ2v) is 7.39. The Morgan fingerprint density at radius 3 is 2.21 bits per heavy atom. The van der Waals surface area contributed by atoms with Gasteiger partial charge in [0.2, 0.25) is 5.75 Å². The van der Waals surface area contributed by atoms with Gasteiger partial charge in [-0.3, -0.25) is 25.0 Å². The summed E-state index contributed by atoms with van der Waals surface area (Å²) in [7, 11) is 0. The Hall–Kier alpha value is -4.46. The number of amides is 1. The molecule has 0 aliphatic heterocycles. The van der Waals surface area contributed by atoms with E-state index in [2.05, 4.69) is 5.32 Å². The molecular weight excluding hydrogens is 487 g/mol. The molecule has 0 atom stereocenters. The number of nitro benzene ring substituents is 2. The molecule has 0 bridgehead atoms. The first-order chi connectivity index (χ1) is 16.2. The Bertz CT molecular complexity index is 1350. The van der Waals surface area contributed by atoms with Gasteiger partial charge in [-0.15, -0.1) is 0 Å². The molecule has 0 aromatic heterocycles. The van der Waals surface area contributed by atoms with E-state index < -0.39 is 27.1 Å². The van der Waals surface area contributed by atoms with Crippen LogP contribution >= 0.6 is 23.2 Å². The van der Waals surface area contributed by atoms with Gasteiger partial charge in [0.1, 0.15) is 11.6 Å². The van der Waals surface area contributed by atoms with E-state index >= 15 is 0 Å². The first-order valence-corrected chi connectivity index (χ1v) is 10.0. The van der Waals surface area contributed by atoms with Crippen LogP contribution in [0.2, 0.25) is 10.0 Å². The summed E-state index contributed by atoms with van der Waals surface area (Å²) in [5, 5.41) is 34.0. The number of nitrogens with one attached hydrogen (secondary N) is 1. The Labute approximate surface area is 201 Å². The zero-order chi connectivity index (χ0) is 24.8. The van der Waals surface area contributed by atoms with E-state index in [1.54, 1.807) is 36.4 Å². The van der Waals surface area contributed by atoms with Crippen LogP contribution in [0.1, 0.15) is 5.56 Å². The van der Waals surface area contributed by atoms with Gasteiger partial charge in [0.05, 0.1) is 26.0 Å². The lowest BCUT2D eigenvalue weighted by Gasteiger charge is -2.11. The van der Waals surface area contributed by atoms with Crippen molar-refractivity contribution in [3.8, 4) is 17.6 Å². The van der Waals surface area contributed by atoms with Crippen LogP contribution in [0.5, 0.6) is 11.5 Å². The van der Waals surface area contributed by atoms with Gasteiger partial charge >= 0.3 is 5.69 Å². The van der Waals surface area contributed by atoms with Crippen LogP contribution in [0.15, 0.2) is 66.2 Å². The maximum absolute atomic E-state index is 12.4. The highest BCUT2D eigenvalue weighted by molar-refractivity contribution is 6.37. The van der Waals surface area contributed by atoms with E-state index in [1.807, 2.05) is 0 Å². The number of ether oxygens (including phenoxy) is 1. The normalized spacial score (nSPS) is 10.8. The number of carbonyl (C=O) groups is 1. The summed E-state index contributed by atoms with van der Waals surface area (Å²) in [6.07, 6.45) is 1.26. The predicted molar refractivity (Wildman–Crippen MR) is 125 cm³/mol. The van der Waals surface area contributed by atoms with Gasteiger partial charge in [-0.2, -0.15) is 5.26 Å². The van der Waals surface area contributed by atoms with Crippen LogP contribution in [0.25, 0.3) is 6.08 Å². The number of para-hydroxylation sites is 1. The smallest absolute Gasteiger partial charge is 0.318 e. The molecule has 1 amide bonds. The molecule has 0 spiro atoms. The number of halogens is 2. The second kappa shape index (κ2) is 10.4. The van der Waals surface area contributed by atoms with Crippen molar-refractivity contribution in [1.29, 1.82) is 5.26 Å². The molecule has 0 saturated heterocycles. The molecule has 0 unspecified atom stereocenters. The molecule has 1 N–H and O–H groups in total. The fraction of sp³-hybridized carbons (Fsp3) is 0. The minimum absolute atomic E-state index is 0.0767. The zero-order valence-electron chi connectivity index (χ0n) is 16.9. The van der Waals surface area contributed by atoms with E-state index in [0.717, 1.165) is 18.2 Å². The van der Waals surface area contributed by atoms with Gasteiger partial charge in [-0.05, 0) is 42.0 Å². The Balaban J connectivity index is 1.91. The summed E-state index contributed by atoms with van der Waals surface area (Å²) in [6, 6.07) is 15.8. The molecular formula is C22H12Cl2N4O6. The molecule has 12 heteroatoms. The topological polar surface area (TPSA) is 148 Å². The van der Waals surface area contributed by atoms with Crippen molar-refractivity contribution in [3.05, 3.63) is 102 Å². The van der Waals surface area contributed by atoms with Crippen molar-refractivity contribution in [2.45, 2.75) is 0 Å². The fourth-order valence-corrected chi connectivity index (χ4v) is 3.33. The molecule has 3 aromatic rings. The maximum atomic E-state index is 12.4. The SMILES string of the molecule is N#C/C(=C\c1cc(Cl)c(Oc2ccc([N+](=O)[O-])cc2[N+](=O)[O-])c(Cl)c1)C(=O)Nc1ccccc1. The highest BCUT2D eigenvalue weighted by Crippen LogP contribution is 2.41. The summed E-state index contributed by atoms with van der Waals surface area (Å²) in [6.45, 7) is 0. The predicted octanol–water partition coefficient (Wildman–Crippen LogP) is 6.15. The quantitative estimate of drug-likeness (QED) is 0.177. The largest absolute Gasteiger partial charge is 0.447 e. The number of hydrogen-bond donors (Lipinski definition) is 1. The Morgan fingerprint density at radius 2 is 1.65 bits per heavy atom. The average Bonchev–Trinajstić information content (AvgIpc) is 2.80. The van der Waals surface area contributed by atoms with E-state index in [1.165, 1.54) is 18.2 Å². The van der Waals surface area contributed by atoms with Crippen molar-refractivity contribution >= 4 is 52.2 Å². The first kappa shape index (κ1) is 24.2. The van der Waals surface area contributed by atoms with E-state index in [-0.39, 0.29) is 27.1 Å². The minimum atomic E-state index is -0.841. The van der Waals surface area contributed by atoms with Crippen LogP contribution in [0.3, 0.4) is 0 Å². The van der Waals surface area contributed by atoms with Crippen LogP contribution in [-0.4, -0.2) is 15.8 Å². The number of benzene rings is 3. The third-order valence-corrected chi connectivity index (χ3v) is 4.85. The van der Waals surface area contributed by atoms with Gasteiger partial charge in [-0.1, -0.05) is 41.4 Å². The third-order valence-electron chi connectivity index (χ3n) is 4.29. The average molecular weight is 499 g/mol. The number of nitriles is 1. The maximum Gasteiger partial charge on any atom is 0.318 e. The summed E-state index contributed by atoms with van der Waals surface area (Å²) in [4.78, 5) is 33.0. The van der Waals surface area contributed by atoms with Crippen molar-refractivity contribution in [1.82, 2.24) is 0 Å². The lowest BCUT2D eigenvalue weighted by atomic mass is 10.1. The molecule has 170 valence electrons. The molecule has 10 nitrogen and oxygen atoms in total. The highest BCUT2D eigenvalue weighted by Gasteiger charge is 2.23. The van der Waals surface area contributed by atoms with Crippen molar-refractivity contribution in [2.75, 3.05) is 5.32 Å². The summed E-state index contributed by atoms with van der Waals surface area (Å²) < 4.78 is 5.49. The number of nitrogens with zero attached hydrogens (tertiary/aromatic N) is 3. The van der Waals surface area contributed by atoms with Crippen molar-refractivity contribution in [2.24, 2.45) is 0 Å².